The maximum absolute atomic E-state index is 12.1. The summed E-state index contributed by atoms with van der Waals surface area (Å²) < 4.78 is 0. The summed E-state index contributed by atoms with van der Waals surface area (Å²) in [6, 6.07) is 12.3. The first-order valence-electron chi connectivity index (χ1n) is 9.21. The molecule has 0 unspecified atom stereocenters. The third kappa shape index (κ3) is 6.28. The van der Waals surface area contributed by atoms with E-state index in [-0.39, 0.29) is 11.8 Å². The molecule has 0 aliphatic rings. The Balaban J connectivity index is 1.48. The van der Waals surface area contributed by atoms with E-state index >= 15 is 0 Å². The monoisotopic (exact) mass is 413 g/mol. The summed E-state index contributed by atoms with van der Waals surface area (Å²) in [6.07, 6.45) is 3.05. The zero-order valence-corrected chi connectivity index (χ0v) is 17.4. The van der Waals surface area contributed by atoms with Gasteiger partial charge < -0.3 is 10.6 Å². The summed E-state index contributed by atoms with van der Waals surface area (Å²) in [4.78, 5) is 28.7. The number of anilines is 1. The number of rotatable bonds is 9. The van der Waals surface area contributed by atoms with Crippen LogP contribution in [-0.4, -0.2) is 23.3 Å². The van der Waals surface area contributed by atoms with Gasteiger partial charge in [0, 0.05) is 35.7 Å². The zero-order valence-electron chi connectivity index (χ0n) is 15.7. The Morgan fingerprint density at radius 3 is 2.61 bits per heavy atom. The van der Waals surface area contributed by atoms with Gasteiger partial charge in [-0.3, -0.25) is 9.59 Å². The molecular weight excluding hydrogens is 390 g/mol. The minimum Gasteiger partial charge on any atom is -0.356 e. The molecule has 0 fully saturated rings. The van der Waals surface area contributed by atoms with E-state index in [9.17, 15) is 9.59 Å². The Kier molecular flexibility index (Phi) is 7.33. The third-order valence-corrected chi connectivity index (χ3v) is 5.89. The molecule has 0 aliphatic heterocycles. The number of carbonyl (C=O) groups excluding carboxylic acids is 2. The van der Waals surface area contributed by atoms with Gasteiger partial charge in [-0.15, -0.1) is 22.7 Å². The summed E-state index contributed by atoms with van der Waals surface area (Å²) in [5.74, 6) is -0.00267. The van der Waals surface area contributed by atoms with E-state index in [0.29, 0.717) is 18.1 Å². The standard InChI is InChI=1S/C21H23N3O2S2/c1-15(25)22-12-2-4-16-6-8-17(9-7-16)19-14-28-21(23-19)24-20(26)11-10-18-5-3-13-27-18/h3,5-9,13-14H,2,4,10-12H2,1H3,(H,22,25)(H,23,24,26). The molecule has 5 nitrogen and oxygen atoms in total. The molecule has 0 saturated heterocycles. The van der Waals surface area contributed by atoms with E-state index in [2.05, 4.69) is 27.8 Å². The number of nitrogens with one attached hydrogen (secondary N) is 2. The van der Waals surface area contributed by atoms with Gasteiger partial charge in [0.25, 0.3) is 0 Å². The number of benzene rings is 1. The topological polar surface area (TPSA) is 71.1 Å². The van der Waals surface area contributed by atoms with Crippen molar-refractivity contribution in [1.82, 2.24) is 10.3 Å². The maximum atomic E-state index is 12.1. The lowest BCUT2D eigenvalue weighted by Gasteiger charge is -2.04. The fraction of sp³-hybridized carbons (Fsp3) is 0.286. The molecule has 3 rings (SSSR count). The molecule has 3 aromatic rings. The Morgan fingerprint density at radius 1 is 1.07 bits per heavy atom. The lowest BCUT2D eigenvalue weighted by Crippen LogP contribution is -2.21. The van der Waals surface area contributed by atoms with Crippen LogP contribution in [0.2, 0.25) is 0 Å². The van der Waals surface area contributed by atoms with E-state index in [0.717, 1.165) is 30.5 Å². The van der Waals surface area contributed by atoms with Crippen molar-refractivity contribution in [2.24, 2.45) is 0 Å². The number of hydrogen-bond acceptors (Lipinski definition) is 5. The van der Waals surface area contributed by atoms with Gasteiger partial charge in [-0.1, -0.05) is 30.3 Å². The molecule has 0 aliphatic carbocycles. The highest BCUT2D eigenvalue weighted by Crippen LogP contribution is 2.25. The lowest BCUT2D eigenvalue weighted by molar-refractivity contribution is -0.119. The Hall–Kier alpha value is -2.51. The highest BCUT2D eigenvalue weighted by molar-refractivity contribution is 7.14. The summed E-state index contributed by atoms with van der Waals surface area (Å²) >= 11 is 3.11. The minimum absolute atomic E-state index is 0.00768. The van der Waals surface area contributed by atoms with Crippen molar-refractivity contribution < 1.29 is 9.59 Å². The van der Waals surface area contributed by atoms with Crippen molar-refractivity contribution >= 4 is 39.6 Å². The fourth-order valence-corrected chi connectivity index (χ4v) is 4.18. The van der Waals surface area contributed by atoms with Crippen LogP contribution >= 0.6 is 22.7 Å². The number of nitrogens with zero attached hydrogens (tertiary/aromatic N) is 1. The van der Waals surface area contributed by atoms with Crippen molar-refractivity contribution in [2.75, 3.05) is 11.9 Å². The summed E-state index contributed by atoms with van der Waals surface area (Å²) in [6.45, 7) is 2.22. The third-order valence-electron chi connectivity index (χ3n) is 4.19. The molecule has 1 aromatic carbocycles. The molecule has 0 bridgehead atoms. The van der Waals surface area contributed by atoms with E-state index in [1.807, 2.05) is 35.0 Å². The predicted molar refractivity (Wildman–Crippen MR) is 116 cm³/mol. The quantitative estimate of drug-likeness (QED) is 0.507. The smallest absolute Gasteiger partial charge is 0.226 e. The number of thiazole rings is 1. The molecule has 7 heteroatoms. The SMILES string of the molecule is CC(=O)NCCCc1ccc(-c2csc(NC(=O)CCc3cccs3)n2)cc1. The molecular formula is C21H23N3O2S2. The zero-order chi connectivity index (χ0) is 19.8. The van der Waals surface area contributed by atoms with Crippen molar-refractivity contribution in [3.63, 3.8) is 0 Å². The molecule has 0 atom stereocenters. The summed E-state index contributed by atoms with van der Waals surface area (Å²) in [5.41, 5.74) is 3.12. The van der Waals surface area contributed by atoms with Crippen LogP contribution in [0.3, 0.4) is 0 Å². The van der Waals surface area contributed by atoms with E-state index in [1.54, 1.807) is 11.3 Å². The highest BCUT2D eigenvalue weighted by atomic mass is 32.1. The van der Waals surface area contributed by atoms with Crippen LogP contribution in [0.15, 0.2) is 47.2 Å². The van der Waals surface area contributed by atoms with Crippen LogP contribution in [-0.2, 0) is 22.4 Å². The van der Waals surface area contributed by atoms with E-state index < -0.39 is 0 Å². The Labute approximate surface area is 172 Å². The normalized spacial score (nSPS) is 10.6. The largest absolute Gasteiger partial charge is 0.356 e. The van der Waals surface area contributed by atoms with Gasteiger partial charge in [-0.2, -0.15) is 0 Å². The Morgan fingerprint density at radius 2 is 1.89 bits per heavy atom. The first-order valence-corrected chi connectivity index (χ1v) is 11.0. The average Bonchev–Trinajstić information content (AvgIpc) is 3.36. The minimum atomic E-state index is -0.0104. The first-order chi connectivity index (χ1) is 13.6. The maximum Gasteiger partial charge on any atom is 0.226 e. The predicted octanol–water partition coefficient (Wildman–Crippen LogP) is 4.51. The molecule has 0 spiro atoms. The van der Waals surface area contributed by atoms with Crippen molar-refractivity contribution in [3.05, 3.63) is 57.6 Å². The van der Waals surface area contributed by atoms with Crippen LogP contribution in [0.5, 0.6) is 0 Å². The van der Waals surface area contributed by atoms with Gasteiger partial charge in [-0.25, -0.2) is 4.98 Å². The second-order valence-electron chi connectivity index (χ2n) is 6.45. The lowest BCUT2D eigenvalue weighted by atomic mass is 10.1. The van der Waals surface area contributed by atoms with Gasteiger partial charge in [0.05, 0.1) is 5.69 Å². The molecule has 0 radical (unpaired) electrons. The molecule has 146 valence electrons. The van der Waals surface area contributed by atoms with Gasteiger partial charge >= 0.3 is 0 Å². The Bertz CT molecular complexity index is 902. The van der Waals surface area contributed by atoms with Crippen LogP contribution in [0.4, 0.5) is 5.13 Å². The first kappa shape index (κ1) is 20.2. The van der Waals surface area contributed by atoms with Crippen LogP contribution in [0.25, 0.3) is 11.3 Å². The number of aryl methyl sites for hydroxylation is 2. The van der Waals surface area contributed by atoms with E-state index in [1.165, 1.54) is 28.7 Å². The number of thiophene rings is 1. The molecule has 28 heavy (non-hydrogen) atoms. The van der Waals surface area contributed by atoms with Gasteiger partial charge in [-0.05, 0) is 36.3 Å². The number of aromatic nitrogens is 1. The van der Waals surface area contributed by atoms with Crippen LogP contribution in [0.1, 0.15) is 30.2 Å². The van der Waals surface area contributed by atoms with Crippen molar-refractivity contribution in [2.45, 2.75) is 32.6 Å². The van der Waals surface area contributed by atoms with Gasteiger partial charge in [0.15, 0.2) is 5.13 Å². The second kappa shape index (κ2) is 10.1. The summed E-state index contributed by atoms with van der Waals surface area (Å²) in [7, 11) is 0. The highest BCUT2D eigenvalue weighted by Gasteiger charge is 2.09. The molecule has 2 heterocycles. The second-order valence-corrected chi connectivity index (χ2v) is 8.34. The van der Waals surface area contributed by atoms with Crippen molar-refractivity contribution in [3.8, 4) is 11.3 Å². The van der Waals surface area contributed by atoms with Crippen molar-refractivity contribution in [1.29, 1.82) is 0 Å². The van der Waals surface area contributed by atoms with E-state index in [4.69, 9.17) is 0 Å². The molecule has 2 amide bonds. The molecule has 0 saturated carbocycles. The van der Waals surface area contributed by atoms with Gasteiger partial charge in [0.1, 0.15) is 0 Å². The summed E-state index contributed by atoms with van der Waals surface area (Å²) in [5, 5.41) is 10.3. The van der Waals surface area contributed by atoms with Crippen LogP contribution in [0, 0.1) is 0 Å². The number of amides is 2. The fourth-order valence-electron chi connectivity index (χ4n) is 2.74. The molecule has 2 aromatic heterocycles. The average molecular weight is 414 g/mol. The molecule has 2 N–H and O–H groups in total. The number of hydrogen-bond donors (Lipinski definition) is 2. The van der Waals surface area contributed by atoms with Gasteiger partial charge in [0.2, 0.25) is 11.8 Å². The number of carbonyl (C=O) groups is 2. The van der Waals surface area contributed by atoms with Crippen LogP contribution < -0.4 is 10.6 Å².